The van der Waals surface area contributed by atoms with E-state index in [1.54, 1.807) is 35.2 Å². The lowest BCUT2D eigenvalue weighted by Crippen LogP contribution is -2.06. The van der Waals surface area contributed by atoms with E-state index < -0.39 is 0 Å². The summed E-state index contributed by atoms with van der Waals surface area (Å²) in [6.07, 6.45) is 1.89. The Kier molecular flexibility index (Phi) is 6.78. The second-order valence-electron chi connectivity index (χ2n) is 6.84. The fraction of sp³-hybridized carbons (Fsp3) is 0.286. The third kappa shape index (κ3) is 5.02. The second kappa shape index (κ2) is 9.88. The number of phenolic OH excluding ortho intramolecular Hbond substituents is 1. The number of thioether (sulfide) groups is 1. The smallest absolute Gasteiger partial charge is 0.191 e. The van der Waals surface area contributed by atoms with Gasteiger partial charge in [0.25, 0.3) is 0 Å². The fourth-order valence-corrected chi connectivity index (χ4v) is 4.36. The van der Waals surface area contributed by atoms with Crippen molar-refractivity contribution in [3.05, 3.63) is 52.2 Å². The molecule has 4 rings (SSSR count). The Bertz CT molecular complexity index is 1190. The lowest BCUT2D eigenvalue weighted by Gasteiger charge is -2.07. The molecule has 0 unspecified atom stereocenters. The summed E-state index contributed by atoms with van der Waals surface area (Å²) in [4.78, 5) is 10.6. The number of aryl methyl sites for hydroxylation is 2. The molecule has 0 fully saturated rings. The summed E-state index contributed by atoms with van der Waals surface area (Å²) in [5.41, 5.74) is 5.56. The van der Waals surface area contributed by atoms with Crippen LogP contribution in [0.25, 0.3) is 11.2 Å². The first-order chi connectivity index (χ1) is 15.2. The molecule has 0 aliphatic carbocycles. The molecule has 0 spiro atoms. The molecule has 4 aromatic rings. The van der Waals surface area contributed by atoms with Crippen LogP contribution in [0.1, 0.15) is 30.7 Å². The number of phenols is 1. The number of hydrazone groups is 1. The van der Waals surface area contributed by atoms with Crippen LogP contribution in [-0.2, 0) is 13.0 Å². The summed E-state index contributed by atoms with van der Waals surface area (Å²) in [5.74, 6) is 1.60. The van der Waals surface area contributed by atoms with Gasteiger partial charge in [0.2, 0.25) is 0 Å². The maximum atomic E-state index is 10.1. The molecule has 3 aromatic heterocycles. The molecule has 160 valence electrons. The third-order valence-electron chi connectivity index (χ3n) is 4.55. The van der Waals surface area contributed by atoms with Gasteiger partial charge in [-0.05, 0) is 36.9 Å². The van der Waals surface area contributed by atoms with Gasteiger partial charge >= 0.3 is 0 Å². The Labute approximate surface area is 188 Å². The van der Waals surface area contributed by atoms with Crippen molar-refractivity contribution in [3.8, 4) is 5.75 Å². The average molecular weight is 454 g/mol. The number of fused-ring (bicyclic) bond motifs is 1. The van der Waals surface area contributed by atoms with Crippen LogP contribution < -0.4 is 5.43 Å². The average Bonchev–Trinajstić information content (AvgIpc) is 3.44. The predicted molar refractivity (Wildman–Crippen MR) is 126 cm³/mol. The third-order valence-corrected chi connectivity index (χ3v) is 6.54. The van der Waals surface area contributed by atoms with Crippen LogP contribution >= 0.6 is 23.1 Å². The van der Waals surface area contributed by atoms with E-state index in [0.717, 1.165) is 18.6 Å². The Morgan fingerprint density at radius 1 is 1.23 bits per heavy atom. The van der Waals surface area contributed by atoms with E-state index in [1.165, 1.54) is 4.88 Å². The summed E-state index contributed by atoms with van der Waals surface area (Å²) in [6.45, 7) is 4.63. The monoisotopic (exact) mass is 453 g/mol. The van der Waals surface area contributed by atoms with Crippen molar-refractivity contribution in [1.29, 1.82) is 0 Å². The first-order valence-corrected chi connectivity index (χ1v) is 11.9. The number of nitrogens with zero attached hydrogens (tertiary/aromatic N) is 6. The van der Waals surface area contributed by atoms with Crippen LogP contribution in [0.4, 0.5) is 5.82 Å². The number of hydrogen-bond donors (Lipinski definition) is 2. The molecule has 0 radical (unpaired) electrons. The van der Waals surface area contributed by atoms with E-state index in [-0.39, 0.29) is 5.75 Å². The summed E-state index contributed by atoms with van der Waals surface area (Å²) < 4.78 is 1.82. The van der Waals surface area contributed by atoms with E-state index in [0.29, 0.717) is 40.0 Å². The molecule has 0 amide bonds. The van der Waals surface area contributed by atoms with E-state index in [9.17, 15) is 5.11 Å². The number of para-hydroxylation sites is 1. The van der Waals surface area contributed by atoms with Gasteiger partial charge in [-0.3, -0.25) is 5.43 Å². The first kappa shape index (κ1) is 21.3. The fourth-order valence-electron chi connectivity index (χ4n) is 2.97. The van der Waals surface area contributed by atoms with Crippen LogP contribution in [0.3, 0.4) is 0 Å². The number of nitrogens with one attached hydrogen (secondary N) is 1. The van der Waals surface area contributed by atoms with Crippen LogP contribution in [0.15, 0.2) is 52.0 Å². The molecule has 0 aliphatic heterocycles. The van der Waals surface area contributed by atoms with Gasteiger partial charge in [-0.25, -0.2) is 14.6 Å². The molecule has 0 atom stereocenters. The van der Waals surface area contributed by atoms with Crippen molar-refractivity contribution >= 4 is 45.8 Å². The standard InChI is InChI=1S/C21H23N7OS2/c1-3-12-31-21-22-19(26-24-14(2)16-8-4-5-9-17(16)29)18-20(23-21)28(27-25-18)11-10-15-7-6-13-30-15/h4-9,13,29H,3,10-12H2,1-2H3,(H,22,23,26)/b24-14+. The van der Waals surface area contributed by atoms with Crippen molar-refractivity contribution < 1.29 is 5.11 Å². The molecule has 2 N–H and O–H groups in total. The van der Waals surface area contributed by atoms with Crippen molar-refractivity contribution in [3.63, 3.8) is 0 Å². The van der Waals surface area contributed by atoms with Crippen LogP contribution in [0.5, 0.6) is 5.75 Å². The number of aromatic nitrogens is 5. The van der Waals surface area contributed by atoms with Crippen molar-refractivity contribution in [2.45, 2.75) is 38.4 Å². The van der Waals surface area contributed by atoms with Crippen LogP contribution in [-0.4, -0.2) is 41.5 Å². The number of benzene rings is 1. The number of aromatic hydroxyl groups is 1. The minimum atomic E-state index is 0.178. The number of thiophene rings is 1. The lowest BCUT2D eigenvalue weighted by molar-refractivity contribution is 0.474. The molecule has 3 heterocycles. The quantitative estimate of drug-likeness (QED) is 0.166. The zero-order valence-corrected chi connectivity index (χ0v) is 18.9. The summed E-state index contributed by atoms with van der Waals surface area (Å²) >= 11 is 3.32. The van der Waals surface area contributed by atoms with E-state index in [2.05, 4.69) is 44.2 Å². The molecular weight excluding hydrogens is 430 g/mol. The molecule has 0 bridgehead atoms. The maximum absolute atomic E-state index is 10.1. The molecule has 0 aliphatic rings. The maximum Gasteiger partial charge on any atom is 0.191 e. The van der Waals surface area contributed by atoms with Gasteiger partial charge in [-0.2, -0.15) is 5.10 Å². The largest absolute Gasteiger partial charge is 0.507 e. The number of anilines is 1. The van der Waals surface area contributed by atoms with E-state index >= 15 is 0 Å². The summed E-state index contributed by atoms with van der Waals surface area (Å²) in [5, 5.41) is 25.8. The van der Waals surface area contributed by atoms with E-state index in [1.807, 2.05) is 29.8 Å². The van der Waals surface area contributed by atoms with Crippen LogP contribution in [0.2, 0.25) is 0 Å². The van der Waals surface area contributed by atoms with Crippen molar-refractivity contribution in [2.24, 2.45) is 5.10 Å². The van der Waals surface area contributed by atoms with Gasteiger partial charge in [0.15, 0.2) is 22.1 Å². The Hall–Kier alpha value is -2.98. The van der Waals surface area contributed by atoms with Gasteiger partial charge in [-0.15, -0.1) is 16.4 Å². The normalized spacial score (nSPS) is 11.9. The summed E-state index contributed by atoms with van der Waals surface area (Å²) in [6, 6.07) is 11.2. The SMILES string of the molecule is CCCSc1nc(N/N=C(\C)c2ccccc2O)c2nnn(CCc3cccs3)c2n1. The molecule has 1 aromatic carbocycles. The highest BCUT2D eigenvalue weighted by molar-refractivity contribution is 7.99. The first-order valence-electron chi connectivity index (χ1n) is 10.0. The van der Waals surface area contributed by atoms with Gasteiger partial charge in [0.1, 0.15) is 5.75 Å². The Morgan fingerprint density at radius 2 is 2.10 bits per heavy atom. The molecule has 0 saturated carbocycles. The highest BCUT2D eigenvalue weighted by atomic mass is 32.2. The predicted octanol–water partition coefficient (Wildman–Crippen LogP) is 4.57. The molecule has 0 saturated heterocycles. The molecule has 8 nitrogen and oxygen atoms in total. The van der Waals surface area contributed by atoms with Crippen LogP contribution in [0, 0.1) is 0 Å². The highest BCUT2D eigenvalue weighted by Gasteiger charge is 2.15. The Balaban J connectivity index is 1.64. The molecular formula is C21H23N7OS2. The number of hydrogen-bond acceptors (Lipinski definition) is 9. The minimum Gasteiger partial charge on any atom is -0.507 e. The summed E-state index contributed by atoms with van der Waals surface area (Å²) in [7, 11) is 0. The van der Waals surface area contributed by atoms with Gasteiger partial charge in [0.05, 0.1) is 5.71 Å². The minimum absolute atomic E-state index is 0.178. The number of rotatable bonds is 9. The topological polar surface area (TPSA) is 101 Å². The van der Waals surface area contributed by atoms with Gasteiger partial charge in [-0.1, -0.05) is 42.1 Å². The lowest BCUT2D eigenvalue weighted by atomic mass is 10.1. The zero-order valence-electron chi connectivity index (χ0n) is 17.3. The zero-order chi connectivity index (χ0) is 21.6. The highest BCUT2D eigenvalue weighted by Crippen LogP contribution is 2.24. The molecule has 31 heavy (non-hydrogen) atoms. The second-order valence-corrected chi connectivity index (χ2v) is 8.94. The molecule has 10 heteroatoms. The van der Waals surface area contributed by atoms with E-state index in [4.69, 9.17) is 4.98 Å². The Morgan fingerprint density at radius 3 is 2.87 bits per heavy atom. The van der Waals surface area contributed by atoms with Gasteiger partial charge < -0.3 is 5.11 Å². The van der Waals surface area contributed by atoms with Crippen molar-refractivity contribution in [2.75, 3.05) is 11.2 Å². The van der Waals surface area contributed by atoms with Gasteiger partial charge in [0, 0.05) is 29.2 Å². The van der Waals surface area contributed by atoms with Crippen molar-refractivity contribution in [1.82, 2.24) is 25.0 Å².